The topological polar surface area (TPSA) is 32.3 Å². The number of halogens is 1. The summed E-state index contributed by atoms with van der Waals surface area (Å²) < 4.78 is 0.964. The van der Waals surface area contributed by atoms with E-state index in [2.05, 4.69) is 21.2 Å². The van der Waals surface area contributed by atoms with Crippen LogP contribution in [-0.2, 0) is 0 Å². The first-order valence-electron chi connectivity index (χ1n) is 4.42. The summed E-state index contributed by atoms with van der Waals surface area (Å²) in [5, 5.41) is 2.73. The van der Waals surface area contributed by atoms with E-state index in [-0.39, 0.29) is 6.03 Å². The molecule has 0 atom stereocenters. The van der Waals surface area contributed by atoms with Crippen molar-refractivity contribution >= 4 is 27.6 Å². The third-order valence-electron chi connectivity index (χ3n) is 1.83. The van der Waals surface area contributed by atoms with Gasteiger partial charge in [0.1, 0.15) is 0 Å². The quantitative estimate of drug-likeness (QED) is 0.867. The van der Waals surface area contributed by atoms with Gasteiger partial charge in [0.25, 0.3) is 0 Å². The lowest BCUT2D eigenvalue weighted by molar-refractivity contribution is 0.248. The highest BCUT2D eigenvalue weighted by Gasteiger charge is 2.08. The molecule has 0 spiro atoms. The molecule has 0 saturated heterocycles. The van der Waals surface area contributed by atoms with Crippen LogP contribution in [0.1, 0.15) is 6.92 Å². The average Bonchev–Trinajstić information content (AvgIpc) is 2.17. The van der Waals surface area contributed by atoms with Gasteiger partial charge in [0.05, 0.1) is 0 Å². The number of hydrogen-bond donors (Lipinski definition) is 1. The molecule has 0 unspecified atom stereocenters. The van der Waals surface area contributed by atoms with Crippen LogP contribution >= 0.6 is 15.9 Å². The molecule has 76 valence electrons. The largest absolute Gasteiger partial charge is 0.338 e. The summed E-state index contributed by atoms with van der Waals surface area (Å²) in [4.78, 5) is 13.0. The smallest absolute Gasteiger partial charge is 0.321 e. The van der Waals surface area contributed by atoms with Gasteiger partial charge in [-0.15, -0.1) is 0 Å². The minimum absolute atomic E-state index is 0.0920. The molecule has 1 N–H and O–H groups in total. The number of carbonyl (C=O) groups excluding carboxylic acids is 1. The molecular formula is C10H13BrN2O. The number of anilines is 1. The lowest BCUT2D eigenvalue weighted by Crippen LogP contribution is -2.36. The molecule has 1 aromatic rings. The first-order chi connectivity index (χ1) is 6.65. The maximum absolute atomic E-state index is 11.5. The van der Waals surface area contributed by atoms with Gasteiger partial charge in [0.2, 0.25) is 0 Å². The van der Waals surface area contributed by atoms with Gasteiger partial charge in [-0.25, -0.2) is 4.79 Å². The van der Waals surface area contributed by atoms with Gasteiger partial charge in [0, 0.05) is 23.8 Å². The number of carbonyl (C=O) groups is 1. The molecule has 0 aliphatic rings. The van der Waals surface area contributed by atoms with Crippen molar-refractivity contribution in [1.29, 1.82) is 0 Å². The first-order valence-corrected chi connectivity index (χ1v) is 5.21. The van der Waals surface area contributed by atoms with E-state index in [1.165, 1.54) is 0 Å². The summed E-state index contributed by atoms with van der Waals surface area (Å²) in [5.41, 5.74) is 0.866. The number of urea groups is 1. The monoisotopic (exact) mass is 256 g/mol. The number of amides is 2. The molecule has 4 heteroatoms. The number of hydrogen-bond acceptors (Lipinski definition) is 1. The Kier molecular flexibility index (Phi) is 3.95. The Morgan fingerprint density at radius 2 is 2.29 bits per heavy atom. The highest BCUT2D eigenvalue weighted by Crippen LogP contribution is 2.18. The zero-order chi connectivity index (χ0) is 10.6. The van der Waals surface area contributed by atoms with E-state index >= 15 is 0 Å². The molecule has 14 heavy (non-hydrogen) atoms. The predicted octanol–water partition coefficient (Wildman–Crippen LogP) is 2.61. The molecule has 0 fully saturated rings. The van der Waals surface area contributed by atoms with Crippen LogP contribution in [0.15, 0.2) is 28.7 Å². The van der Waals surface area contributed by atoms with E-state index in [0.29, 0.717) is 6.54 Å². The summed E-state index contributed by atoms with van der Waals surface area (Å²) in [5.74, 6) is 0. The fourth-order valence-electron chi connectivity index (χ4n) is 1.07. The fraction of sp³-hybridized carbons (Fsp3) is 0.300. The molecule has 1 rings (SSSR count). The predicted molar refractivity (Wildman–Crippen MR) is 61.6 cm³/mol. The molecule has 0 bridgehead atoms. The van der Waals surface area contributed by atoms with E-state index < -0.39 is 0 Å². The summed E-state index contributed by atoms with van der Waals surface area (Å²) in [6, 6.07) is 7.52. The van der Waals surface area contributed by atoms with Crippen molar-refractivity contribution in [2.75, 3.05) is 18.5 Å². The van der Waals surface area contributed by atoms with Crippen molar-refractivity contribution in [3.63, 3.8) is 0 Å². The van der Waals surface area contributed by atoms with E-state index in [1.807, 2.05) is 31.2 Å². The maximum Gasteiger partial charge on any atom is 0.321 e. The lowest BCUT2D eigenvalue weighted by Gasteiger charge is -2.17. The van der Waals surface area contributed by atoms with Gasteiger partial charge >= 0.3 is 6.03 Å². The Bertz CT molecular complexity index is 328. The van der Waals surface area contributed by atoms with Crippen molar-refractivity contribution in [3.05, 3.63) is 28.7 Å². The minimum atomic E-state index is -0.0920. The Morgan fingerprint density at radius 3 is 2.86 bits per heavy atom. The molecule has 0 heterocycles. The molecule has 0 radical (unpaired) electrons. The molecule has 0 aromatic heterocycles. The zero-order valence-corrected chi connectivity index (χ0v) is 9.84. The number of rotatable bonds is 2. The van der Waals surface area contributed by atoms with Gasteiger partial charge < -0.3 is 5.32 Å². The van der Waals surface area contributed by atoms with Crippen LogP contribution in [0, 0.1) is 0 Å². The van der Waals surface area contributed by atoms with Crippen LogP contribution < -0.4 is 10.2 Å². The van der Waals surface area contributed by atoms with Gasteiger partial charge in [0.15, 0.2) is 0 Å². The Morgan fingerprint density at radius 1 is 1.57 bits per heavy atom. The van der Waals surface area contributed by atoms with Crippen LogP contribution in [0.25, 0.3) is 0 Å². The second-order valence-corrected chi connectivity index (χ2v) is 3.79. The second kappa shape index (κ2) is 5.00. The summed E-state index contributed by atoms with van der Waals surface area (Å²) >= 11 is 3.36. The van der Waals surface area contributed by atoms with Crippen molar-refractivity contribution in [2.24, 2.45) is 0 Å². The van der Waals surface area contributed by atoms with Crippen LogP contribution in [0.5, 0.6) is 0 Å². The molecule has 0 aliphatic carbocycles. The van der Waals surface area contributed by atoms with Crippen molar-refractivity contribution in [3.8, 4) is 0 Å². The minimum Gasteiger partial charge on any atom is -0.338 e. The maximum atomic E-state index is 11.5. The summed E-state index contributed by atoms with van der Waals surface area (Å²) in [6.07, 6.45) is 0. The lowest BCUT2D eigenvalue weighted by atomic mass is 10.3. The van der Waals surface area contributed by atoms with Gasteiger partial charge in [-0.2, -0.15) is 0 Å². The third-order valence-corrected chi connectivity index (χ3v) is 2.32. The van der Waals surface area contributed by atoms with E-state index in [1.54, 1.807) is 11.9 Å². The third kappa shape index (κ3) is 2.73. The van der Waals surface area contributed by atoms with Crippen LogP contribution in [0.3, 0.4) is 0 Å². The van der Waals surface area contributed by atoms with Crippen LogP contribution in [0.2, 0.25) is 0 Å². The van der Waals surface area contributed by atoms with Crippen LogP contribution in [0.4, 0.5) is 10.5 Å². The molecule has 3 nitrogen and oxygen atoms in total. The van der Waals surface area contributed by atoms with Crippen LogP contribution in [-0.4, -0.2) is 19.6 Å². The number of nitrogens with zero attached hydrogens (tertiary/aromatic N) is 1. The fourth-order valence-corrected chi connectivity index (χ4v) is 1.46. The van der Waals surface area contributed by atoms with Crippen molar-refractivity contribution in [1.82, 2.24) is 5.32 Å². The van der Waals surface area contributed by atoms with Crippen molar-refractivity contribution in [2.45, 2.75) is 6.92 Å². The number of benzene rings is 1. The van der Waals surface area contributed by atoms with E-state index in [0.717, 1.165) is 10.2 Å². The van der Waals surface area contributed by atoms with Gasteiger partial charge in [-0.3, -0.25) is 4.90 Å². The normalized spacial score (nSPS) is 9.64. The zero-order valence-electron chi connectivity index (χ0n) is 8.25. The van der Waals surface area contributed by atoms with E-state index in [9.17, 15) is 4.79 Å². The van der Waals surface area contributed by atoms with Gasteiger partial charge in [-0.1, -0.05) is 22.0 Å². The number of nitrogens with one attached hydrogen (secondary N) is 1. The molecule has 0 saturated carbocycles. The summed E-state index contributed by atoms with van der Waals surface area (Å²) in [7, 11) is 1.74. The summed E-state index contributed by atoms with van der Waals surface area (Å²) in [6.45, 7) is 2.53. The molecule has 2 amide bonds. The first kappa shape index (κ1) is 11.0. The molecule has 1 aromatic carbocycles. The average molecular weight is 257 g/mol. The SMILES string of the molecule is CCNC(=O)N(C)c1cccc(Br)c1. The Balaban J connectivity index is 2.78. The highest BCUT2D eigenvalue weighted by molar-refractivity contribution is 9.10. The van der Waals surface area contributed by atoms with Crippen molar-refractivity contribution < 1.29 is 4.79 Å². The molecule has 0 aliphatic heterocycles. The molecular weight excluding hydrogens is 244 g/mol. The second-order valence-electron chi connectivity index (χ2n) is 2.87. The highest BCUT2D eigenvalue weighted by atomic mass is 79.9. The Hall–Kier alpha value is -1.03. The van der Waals surface area contributed by atoms with Gasteiger partial charge in [-0.05, 0) is 25.1 Å². The Labute approximate surface area is 92.2 Å². The van der Waals surface area contributed by atoms with E-state index in [4.69, 9.17) is 0 Å². The standard InChI is InChI=1S/C10H13BrN2O/c1-3-12-10(14)13(2)9-6-4-5-8(11)7-9/h4-7H,3H2,1-2H3,(H,12,14).